The van der Waals surface area contributed by atoms with Crippen molar-refractivity contribution in [3.05, 3.63) is 39.6 Å². The predicted molar refractivity (Wildman–Crippen MR) is 124 cm³/mol. The average Bonchev–Trinajstić information content (AvgIpc) is 3.35. The van der Waals surface area contributed by atoms with Crippen molar-refractivity contribution in [1.82, 2.24) is 24.7 Å². The first-order valence-corrected chi connectivity index (χ1v) is 12.7. The van der Waals surface area contributed by atoms with Gasteiger partial charge < -0.3 is 4.52 Å². The Hall–Kier alpha value is -2.28. The van der Waals surface area contributed by atoms with Gasteiger partial charge in [-0.05, 0) is 89.0 Å². The van der Waals surface area contributed by atoms with Crippen molar-refractivity contribution < 1.29 is 4.52 Å². The van der Waals surface area contributed by atoms with Crippen LogP contribution in [0.15, 0.2) is 10.9 Å². The van der Waals surface area contributed by atoms with Gasteiger partial charge in [0.1, 0.15) is 16.9 Å². The molecule has 8 rings (SSSR count). The number of hydrogen-bond donors (Lipinski definition) is 0. The molecule has 4 heterocycles. The molecule has 166 valence electrons. The fraction of sp³-hybridized carbons (Fsp3) is 0.600. The van der Waals surface area contributed by atoms with E-state index < -0.39 is 0 Å². The molecule has 0 aliphatic heterocycles. The maximum Gasteiger partial charge on any atom is 0.167 e. The highest BCUT2D eigenvalue weighted by molar-refractivity contribution is 7.18. The van der Waals surface area contributed by atoms with Crippen LogP contribution in [0.5, 0.6) is 0 Å². The Labute approximate surface area is 191 Å². The third-order valence-electron chi connectivity index (χ3n) is 8.83. The molecule has 0 saturated heterocycles. The molecule has 0 spiro atoms. The Bertz CT molecular complexity index is 1360. The highest BCUT2D eigenvalue weighted by atomic mass is 32.1. The van der Waals surface area contributed by atoms with Crippen LogP contribution < -0.4 is 0 Å². The first-order valence-electron chi connectivity index (χ1n) is 11.9. The number of fused-ring (bicyclic) bond motifs is 3. The largest absolute Gasteiger partial charge is 0.361 e. The zero-order chi connectivity index (χ0) is 21.8. The molecular weight excluding hydrogens is 418 g/mol. The van der Waals surface area contributed by atoms with Crippen molar-refractivity contribution in [3.63, 3.8) is 0 Å². The maximum atomic E-state index is 5.65. The van der Waals surface area contributed by atoms with Crippen LogP contribution in [0.1, 0.15) is 71.8 Å². The molecule has 32 heavy (non-hydrogen) atoms. The Kier molecular flexibility index (Phi) is 3.72. The van der Waals surface area contributed by atoms with Crippen LogP contribution >= 0.6 is 11.3 Å². The number of thiophene rings is 1. The molecule has 4 bridgehead atoms. The summed E-state index contributed by atoms with van der Waals surface area (Å²) in [6, 6.07) is 0. The Balaban J connectivity index is 1.31. The third-order valence-corrected chi connectivity index (χ3v) is 9.94. The lowest BCUT2D eigenvalue weighted by atomic mass is 9.42. The van der Waals surface area contributed by atoms with E-state index in [2.05, 4.69) is 37.8 Å². The van der Waals surface area contributed by atoms with E-state index in [0.29, 0.717) is 0 Å². The molecule has 4 aliphatic carbocycles. The lowest BCUT2D eigenvalue weighted by molar-refractivity contribution is -0.0731. The maximum absolute atomic E-state index is 5.65. The van der Waals surface area contributed by atoms with Gasteiger partial charge in [0.05, 0.1) is 11.1 Å². The summed E-state index contributed by atoms with van der Waals surface area (Å²) in [6.07, 6.45) is 10.6. The molecule has 4 aliphatic rings. The van der Waals surface area contributed by atoms with Gasteiger partial charge in [-0.15, -0.1) is 16.4 Å². The molecular formula is C25H29N5OS. The summed E-state index contributed by atoms with van der Waals surface area (Å²) in [4.78, 5) is 12.1. The van der Waals surface area contributed by atoms with Gasteiger partial charge >= 0.3 is 0 Å². The molecule has 0 radical (unpaired) electrons. The molecule has 0 unspecified atom stereocenters. The topological polar surface area (TPSA) is 69.1 Å². The molecule has 6 nitrogen and oxygen atoms in total. The van der Waals surface area contributed by atoms with E-state index in [9.17, 15) is 0 Å². The van der Waals surface area contributed by atoms with Gasteiger partial charge in [-0.25, -0.2) is 14.5 Å². The molecule has 0 aromatic carbocycles. The molecule has 4 saturated carbocycles. The first kappa shape index (κ1) is 19.2. The van der Waals surface area contributed by atoms with Gasteiger partial charge in [-0.2, -0.15) is 0 Å². The predicted octanol–water partition coefficient (Wildman–Crippen LogP) is 5.64. The number of aryl methyl sites for hydroxylation is 4. The fourth-order valence-corrected chi connectivity index (χ4v) is 9.28. The van der Waals surface area contributed by atoms with E-state index in [1.165, 1.54) is 59.9 Å². The van der Waals surface area contributed by atoms with Crippen LogP contribution in [0.3, 0.4) is 0 Å². The van der Waals surface area contributed by atoms with Crippen molar-refractivity contribution >= 4 is 27.2 Å². The second kappa shape index (κ2) is 6.19. The van der Waals surface area contributed by atoms with Crippen LogP contribution in [0.4, 0.5) is 0 Å². The summed E-state index contributed by atoms with van der Waals surface area (Å²) in [5.74, 6) is 3.62. The number of nitrogens with zero attached hydrogens (tertiary/aromatic N) is 5. The summed E-state index contributed by atoms with van der Waals surface area (Å²) < 4.78 is 7.55. The molecule has 4 aromatic heterocycles. The Morgan fingerprint density at radius 2 is 1.91 bits per heavy atom. The number of rotatable bonds is 3. The lowest BCUT2D eigenvalue weighted by Crippen LogP contribution is -2.55. The summed E-state index contributed by atoms with van der Waals surface area (Å²) >= 11 is 1.75. The van der Waals surface area contributed by atoms with Crippen molar-refractivity contribution in [1.29, 1.82) is 0 Å². The van der Waals surface area contributed by atoms with E-state index in [0.717, 1.165) is 46.0 Å². The highest BCUT2D eigenvalue weighted by Gasteiger charge is 2.59. The molecule has 0 amide bonds. The summed E-state index contributed by atoms with van der Waals surface area (Å²) in [6.45, 7) is 8.58. The van der Waals surface area contributed by atoms with Crippen LogP contribution in [0, 0.1) is 44.9 Å². The van der Waals surface area contributed by atoms with E-state index in [1.807, 2.05) is 10.8 Å². The summed E-state index contributed by atoms with van der Waals surface area (Å²) in [5, 5.41) is 10.4. The Morgan fingerprint density at radius 3 is 2.62 bits per heavy atom. The third kappa shape index (κ3) is 2.51. The summed E-state index contributed by atoms with van der Waals surface area (Å²) in [5.41, 5.74) is 5.28. The van der Waals surface area contributed by atoms with Crippen LogP contribution in [0.25, 0.3) is 15.9 Å². The monoisotopic (exact) mass is 447 g/mol. The molecule has 7 heteroatoms. The quantitative estimate of drug-likeness (QED) is 0.406. The molecule has 2 atom stereocenters. The van der Waals surface area contributed by atoms with Crippen molar-refractivity contribution in [2.24, 2.45) is 17.3 Å². The first-order chi connectivity index (χ1) is 15.3. The second-order valence-electron chi connectivity index (χ2n) is 11.1. The highest BCUT2D eigenvalue weighted by Crippen LogP contribution is 2.67. The minimum atomic E-state index is 0.229. The minimum absolute atomic E-state index is 0.229. The van der Waals surface area contributed by atoms with Gasteiger partial charge in [0.25, 0.3) is 0 Å². The van der Waals surface area contributed by atoms with Crippen molar-refractivity contribution in [2.75, 3.05) is 0 Å². The van der Waals surface area contributed by atoms with Crippen molar-refractivity contribution in [2.45, 2.75) is 78.1 Å². The van der Waals surface area contributed by atoms with Gasteiger partial charge in [-0.1, -0.05) is 5.16 Å². The number of aromatic nitrogens is 5. The van der Waals surface area contributed by atoms with Crippen LogP contribution in [-0.4, -0.2) is 24.7 Å². The van der Waals surface area contributed by atoms with Crippen LogP contribution in [-0.2, 0) is 11.8 Å². The van der Waals surface area contributed by atoms with E-state index >= 15 is 0 Å². The number of hydrogen-bond acceptors (Lipinski definition) is 6. The molecule has 4 fully saturated rings. The standard InChI is InChI=1S/C25H29N5OS/c1-13-16(4)32-23-20(13)22-27-19(28-30(22)12-26-23)10-24-6-17-5-18(7-24)9-25(8-17,11-24)21-14(2)29-31-15(21)3/h12,17-18H,5-11H2,1-4H3/t17-,18-,24?,25?/m0/s1. The van der Waals surface area contributed by atoms with E-state index in [4.69, 9.17) is 14.6 Å². The van der Waals surface area contributed by atoms with Gasteiger partial charge in [-0.3, -0.25) is 0 Å². The normalized spacial score (nSPS) is 31.4. The van der Waals surface area contributed by atoms with Crippen LogP contribution in [0.2, 0.25) is 0 Å². The molecule has 4 aromatic rings. The Morgan fingerprint density at radius 1 is 1.12 bits per heavy atom. The SMILES string of the molecule is Cc1noc(C)c1C12C[C@H]3C[C@@H](CC(Cc4nc5c6c(C)c(C)sc6ncn5n4)(C3)C1)C2. The minimum Gasteiger partial charge on any atom is -0.361 e. The van der Waals surface area contributed by atoms with Gasteiger partial charge in [0.2, 0.25) is 0 Å². The van der Waals surface area contributed by atoms with Gasteiger partial charge in [0.15, 0.2) is 11.5 Å². The van der Waals surface area contributed by atoms with E-state index in [-0.39, 0.29) is 10.8 Å². The van der Waals surface area contributed by atoms with Crippen molar-refractivity contribution in [3.8, 4) is 0 Å². The fourth-order valence-electron chi connectivity index (χ4n) is 8.29. The lowest BCUT2D eigenvalue weighted by Gasteiger charge is -2.62. The zero-order valence-electron chi connectivity index (χ0n) is 19.2. The molecule has 0 N–H and O–H groups in total. The smallest absolute Gasteiger partial charge is 0.167 e. The summed E-state index contributed by atoms with van der Waals surface area (Å²) in [7, 11) is 0. The average molecular weight is 448 g/mol. The zero-order valence-corrected chi connectivity index (χ0v) is 20.1. The second-order valence-corrected chi connectivity index (χ2v) is 12.3. The van der Waals surface area contributed by atoms with E-state index in [1.54, 1.807) is 11.3 Å². The van der Waals surface area contributed by atoms with Gasteiger partial charge in [0, 0.05) is 22.3 Å².